The molecule has 168 valence electrons. The smallest absolute Gasteiger partial charge is 0.229 e. The van der Waals surface area contributed by atoms with E-state index in [0.717, 1.165) is 24.2 Å². The maximum absolute atomic E-state index is 13.0. The second-order valence-electron chi connectivity index (χ2n) is 8.93. The van der Waals surface area contributed by atoms with Gasteiger partial charge in [0, 0.05) is 42.5 Å². The van der Waals surface area contributed by atoms with Gasteiger partial charge in [-0.2, -0.15) is 0 Å². The van der Waals surface area contributed by atoms with E-state index in [1.165, 1.54) is 17.7 Å². The zero-order valence-corrected chi connectivity index (χ0v) is 18.9. The maximum Gasteiger partial charge on any atom is 0.229 e. The van der Waals surface area contributed by atoms with Crippen molar-refractivity contribution < 1.29 is 14.4 Å². The molecular formula is C24H28N4O3S. The summed E-state index contributed by atoms with van der Waals surface area (Å²) in [4.78, 5) is 47.7. The lowest BCUT2D eigenvalue weighted by Crippen LogP contribution is -2.44. The molecule has 0 bridgehead atoms. The summed E-state index contributed by atoms with van der Waals surface area (Å²) in [6, 6.07) is 9.50. The number of carbonyl (C=O) groups excluding carboxylic acids is 3. The van der Waals surface area contributed by atoms with E-state index in [0.29, 0.717) is 37.6 Å². The van der Waals surface area contributed by atoms with E-state index in [2.05, 4.69) is 10.3 Å². The monoisotopic (exact) mass is 452 g/mol. The van der Waals surface area contributed by atoms with Gasteiger partial charge in [0.1, 0.15) is 0 Å². The number of thiazole rings is 1. The maximum atomic E-state index is 13.0. The van der Waals surface area contributed by atoms with Gasteiger partial charge in [-0.1, -0.05) is 18.2 Å². The third-order valence-electron chi connectivity index (χ3n) is 6.80. The third-order valence-corrected chi connectivity index (χ3v) is 7.87. The number of nitrogens with zero attached hydrogens (tertiary/aromatic N) is 3. The van der Waals surface area contributed by atoms with E-state index in [9.17, 15) is 14.4 Å². The van der Waals surface area contributed by atoms with Gasteiger partial charge in [-0.15, -0.1) is 11.3 Å². The summed E-state index contributed by atoms with van der Waals surface area (Å²) in [5, 5.41) is 3.73. The first kappa shape index (κ1) is 21.1. The van der Waals surface area contributed by atoms with Crippen LogP contribution in [0.1, 0.15) is 42.7 Å². The summed E-state index contributed by atoms with van der Waals surface area (Å²) < 4.78 is 0. The summed E-state index contributed by atoms with van der Waals surface area (Å²) in [6.45, 7) is 1.54. The first-order chi connectivity index (χ1) is 15.6. The molecule has 1 aromatic carbocycles. The predicted molar refractivity (Wildman–Crippen MR) is 124 cm³/mol. The van der Waals surface area contributed by atoms with Gasteiger partial charge in [0.15, 0.2) is 5.13 Å². The van der Waals surface area contributed by atoms with Crippen LogP contribution in [0.5, 0.6) is 0 Å². The van der Waals surface area contributed by atoms with Gasteiger partial charge in [-0.25, -0.2) is 4.98 Å². The highest BCUT2D eigenvalue weighted by Gasteiger charge is 2.38. The van der Waals surface area contributed by atoms with Crippen molar-refractivity contribution in [2.24, 2.45) is 11.8 Å². The standard InChI is InChI=1S/C24H28N4O3S/c29-21-14-17(15-28(21)18-6-2-1-3-7-18)23(31)27-12-10-16(11-13-27)22(30)26-24-25-19-8-4-5-9-20(19)32-24/h1-3,6-7,16-17H,4-5,8-15H2,(H,25,26,30). The van der Waals surface area contributed by atoms with Crippen molar-refractivity contribution >= 4 is 39.9 Å². The van der Waals surface area contributed by atoms with Crippen molar-refractivity contribution in [3.8, 4) is 0 Å². The highest BCUT2D eigenvalue weighted by molar-refractivity contribution is 7.15. The van der Waals surface area contributed by atoms with Crippen LogP contribution >= 0.6 is 11.3 Å². The van der Waals surface area contributed by atoms with Crippen molar-refractivity contribution in [1.29, 1.82) is 0 Å². The van der Waals surface area contributed by atoms with Gasteiger partial charge in [-0.3, -0.25) is 14.4 Å². The van der Waals surface area contributed by atoms with Crippen LogP contribution in [0.15, 0.2) is 30.3 Å². The number of hydrogen-bond acceptors (Lipinski definition) is 5. The Bertz CT molecular complexity index is 990. The summed E-state index contributed by atoms with van der Waals surface area (Å²) in [5.41, 5.74) is 1.99. The molecule has 5 rings (SSSR count). The molecule has 1 atom stereocenters. The minimum absolute atomic E-state index is 0.00467. The Kier molecular flexibility index (Phi) is 5.95. The molecule has 7 nitrogen and oxygen atoms in total. The number of nitrogens with one attached hydrogen (secondary N) is 1. The molecule has 1 aromatic heterocycles. The Morgan fingerprint density at radius 2 is 1.78 bits per heavy atom. The van der Waals surface area contributed by atoms with Crippen LogP contribution in [0, 0.1) is 11.8 Å². The Labute approximate surface area is 191 Å². The van der Waals surface area contributed by atoms with Crippen molar-refractivity contribution in [3.63, 3.8) is 0 Å². The first-order valence-electron chi connectivity index (χ1n) is 11.5. The van der Waals surface area contributed by atoms with Crippen LogP contribution < -0.4 is 10.2 Å². The average Bonchev–Trinajstić information content (AvgIpc) is 3.42. The van der Waals surface area contributed by atoms with E-state index >= 15 is 0 Å². The minimum Gasteiger partial charge on any atom is -0.342 e. The van der Waals surface area contributed by atoms with Crippen LogP contribution in [0.3, 0.4) is 0 Å². The van der Waals surface area contributed by atoms with E-state index in [1.54, 1.807) is 16.2 Å². The fourth-order valence-electron chi connectivity index (χ4n) is 4.96. The Morgan fingerprint density at radius 1 is 1.03 bits per heavy atom. The summed E-state index contributed by atoms with van der Waals surface area (Å²) in [6.07, 6.45) is 5.99. The molecule has 0 radical (unpaired) electrons. The molecule has 3 aliphatic rings. The number of benzene rings is 1. The van der Waals surface area contributed by atoms with Gasteiger partial charge in [0.05, 0.1) is 11.6 Å². The number of hydrogen-bond donors (Lipinski definition) is 1. The molecule has 0 saturated carbocycles. The lowest BCUT2D eigenvalue weighted by atomic mass is 9.94. The van der Waals surface area contributed by atoms with Gasteiger partial charge in [0.2, 0.25) is 17.7 Å². The van der Waals surface area contributed by atoms with E-state index in [-0.39, 0.29) is 36.0 Å². The Hall–Kier alpha value is -2.74. The molecule has 0 spiro atoms. The summed E-state index contributed by atoms with van der Waals surface area (Å²) in [7, 11) is 0. The number of carbonyl (C=O) groups is 3. The summed E-state index contributed by atoms with van der Waals surface area (Å²) in [5.74, 6) is -0.381. The highest BCUT2D eigenvalue weighted by Crippen LogP contribution is 2.31. The number of aryl methyl sites for hydroxylation is 2. The van der Waals surface area contributed by atoms with Crippen molar-refractivity contribution in [2.75, 3.05) is 29.9 Å². The Morgan fingerprint density at radius 3 is 2.53 bits per heavy atom. The number of likely N-dealkylation sites (tertiary alicyclic amines) is 1. The molecule has 8 heteroatoms. The topological polar surface area (TPSA) is 82.6 Å². The molecule has 1 aliphatic carbocycles. The molecule has 1 N–H and O–H groups in total. The second-order valence-corrected chi connectivity index (χ2v) is 10.0. The molecule has 1 unspecified atom stereocenters. The normalized spacial score (nSPS) is 21.5. The fraction of sp³-hybridized carbons (Fsp3) is 0.500. The number of aromatic nitrogens is 1. The number of anilines is 2. The molecular weight excluding hydrogens is 424 g/mol. The van der Waals surface area contributed by atoms with Crippen LogP contribution in [0.2, 0.25) is 0 Å². The molecule has 2 fully saturated rings. The fourth-order valence-corrected chi connectivity index (χ4v) is 6.02. The van der Waals surface area contributed by atoms with Crippen molar-refractivity contribution in [1.82, 2.24) is 9.88 Å². The van der Waals surface area contributed by atoms with Crippen molar-refractivity contribution in [3.05, 3.63) is 40.9 Å². The lowest BCUT2D eigenvalue weighted by molar-refractivity contribution is -0.138. The molecule has 2 aromatic rings. The quantitative estimate of drug-likeness (QED) is 0.772. The molecule has 32 heavy (non-hydrogen) atoms. The van der Waals surface area contributed by atoms with Gasteiger partial charge in [0.25, 0.3) is 0 Å². The first-order valence-corrected chi connectivity index (χ1v) is 12.3. The molecule has 2 aliphatic heterocycles. The minimum atomic E-state index is -0.310. The van der Waals surface area contributed by atoms with Crippen LogP contribution in [0.25, 0.3) is 0 Å². The van der Waals surface area contributed by atoms with Crippen molar-refractivity contribution in [2.45, 2.75) is 44.9 Å². The second kappa shape index (κ2) is 9.02. The van der Waals surface area contributed by atoms with E-state index in [4.69, 9.17) is 0 Å². The largest absolute Gasteiger partial charge is 0.342 e. The zero-order valence-electron chi connectivity index (χ0n) is 18.1. The predicted octanol–water partition coefficient (Wildman–Crippen LogP) is 3.25. The summed E-state index contributed by atoms with van der Waals surface area (Å²) >= 11 is 1.60. The molecule has 2 saturated heterocycles. The SMILES string of the molecule is O=C(Nc1nc2c(s1)CCCC2)C1CCN(C(=O)C2CC(=O)N(c3ccccc3)C2)CC1. The zero-order chi connectivity index (χ0) is 22.1. The number of piperidine rings is 1. The van der Waals surface area contributed by atoms with E-state index < -0.39 is 0 Å². The van der Waals surface area contributed by atoms with Gasteiger partial charge >= 0.3 is 0 Å². The van der Waals surface area contributed by atoms with Gasteiger partial charge in [-0.05, 0) is 50.7 Å². The number of para-hydroxylation sites is 1. The Balaban J connectivity index is 1.13. The number of fused-ring (bicyclic) bond motifs is 1. The van der Waals surface area contributed by atoms with Gasteiger partial charge < -0.3 is 15.1 Å². The lowest BCUT2D eigenvalue weighted by Gasteiger charge is -2.32. The molecule has 3 amide bonds. The van der Waals surface area contributed by atoms with Crippen LogP contribution in [-0.2, 0) is 27.2 Å². The third kappa shape index (κ3) is 4.28. The number of rotatable bonds is 4. The number of amides is 3. The highest BCUT2D eigenvalue weighted by atomic mass is 32.1. The molecule has 3 heterocycles. The average molecular weight is 453 g/mol. The van der Waals surface area contributed by atoms with Crippen LogP contribution in [-0.4, -0.2) is 47.2 Å². The van der Waals surface area contributed by atoms with E-state index in [1.807, 2.05) is 35.2 Å². The van der Waals surface area contributed by atoms with Crippen LogP contribution in [0.4, 0.5) is 10.8 Å².